The highest BCUT2D eigenvalue weighted by molar-refractivity contribution is 5.80. The molecule has 2 heterocycles. The van der Waals surface area contributed by atoms with Gasteiger partial charge in [0, 0.05) is 31.1 Å². The lowest BCUT2D eigenvalue weighted by Gasteiger charge is -2.41. The van der Waals surface area contributed by atoms with Gasteiger partial charge in [0.2, 0.25) is 5.91 Å². The monoisotopic (exact) mass is 183 g/mol. The Morgan fingerprint density at radius 1 is 1.54 bits per heavy atom. The van der Waals surface area contributed by atoms with E-state index in [-0.39, 0.29) is 11.3 Å². The minimum atomic E-state index is 0.176. The second kappa shape index (κ2) is 2.98. The van der Waals surface area contributed by atoms with Crippen molar-refractivity contribution in [1.82, 2.24) is 5.32 Å². The van der Waals surface area contributed by atoms with Crippen molar-refractivity contribution >= 4 is 5.91 Å². The molecule has 2 aliphatic rings. The Morgan fingerprint density at radius 3 is 2.85 bits per heavy atom. The molecule has 2 rings (SSSR count). The fraction of sp³-hybridized carbons (Fsp3) is 0.900. The Morgan fingerprint density at radius 2 is 2.31 bits per heavy atom. The molecule has 0 saturated carbocycles. The predicted octanol–water partition coefficient (Wildman–Crippen LogP) is 0.938. The number of nitrogens with one attached hydrogen (secondary N) is 1. The van der Waals surface area contributed by atoms with Crippen LogP contribution in [0, 0.1) is 11.3 Å². The lowest BCUT2D eigenvalue weighted by molar-refractivity contribution is -0.120. The molecule has 2 saturated heterocycles. The first-order chi connectivity index (χ1) is 6.15. The molecule has 1 N–H and O–H groups in total. The number of hydrogen-bond donors (Lipinski definition) is 1. The van der Waals surface area contributed by atoms with Gasteiger partial charge in [-0.15, -0.1) is 0 Å². The highest BCUT2D eigenvalue weighted by Gasteiger charge is 2.49. The molecular formula is C10H17NO2. The van der Waals surface area contributed by atoms with E-state index in [1.807, 2.05) is 0 Å². The molecule has 0 aromatic heterocycles. The van der Waals surface area contributed by atoms with Gasteiger partial charge in [-0.3, -0.25) is 4.79 Å². The van der Waals surface area contributed by atoms with Gasteiger partial charge < -0.3 is 10.1 Å². The van der Waals surface area contributed by atoms with Crippen LogP contribution in [0.5, 0.6) is 0 Å². The molecule has 3 nitrogen and oxygen atoms in total. The fourth-order valence-electron chi connectivity index (χ4n) is 2.73. The van der Waals surface area contributed by atoms with Gasteiger partial charge in [-0.1, -0.05) is 6.92 Å². The van der Waals surface area contributed by atoms with Gasteiger partial charge in [0.15, 0.2) is 0 Å². The maximum absolute atomic E-state index is 11.3. The molecule has 0 aromatic rings. The van der Waals surface area contributed by atoms with Crippen LogP contribution in [0.25, 0.3) is 0 Å². The number of hydrogen-bond acceptors (Lipinski definition) is 2. The van der Waals surface area contributed by atoms with Crippen LogP contribution in [0.4, 0.5) is 0 Å². The Hall–Kier alpha value is -0.570. The molecule has 3 heteroatoms. The van der Waals surface area contributed by atoms with Crippen molar-refractivity contribution in [2.75, 3.05) is 13.2 Å². The summed E-state index contributed by atoms with van der Waals surface area (Å²) in [6.45, 7) is 5.92. The molecule has 1 amide bonds. The zero-order chi connectivity index (χ0) is 9.47. The summed E-state index contributed by atoms with van der Waals surface area (Å²) in [6, 6.07) is 0.318. The smallest absolute Gasteiger partial charge is 0.220 e. The van der Waals surface area contributed by atoms with E-state index in [4.69, 9.17) is 4.74 Å². The van der Waals surface area contributed by atoms with Gasteiger partial charge in [-0.2, -0.15) is 0 Å². The third kappa shape index (κ3) is 1.26. The molecule has 0 radical (unpaired) electrons. The van der Waals surface area contributed by atoms with Gasteiger partial charge in [0.05, 0.1) is 0 Å². The maximum Gasteiger partial charge on any atom is 0.220 e. The summed E-state index contributed by atoms with van der Waals surface area (Å²) < 4.78 is 5.41. The molecule has 74 valence electrons. The first kappa shape index (κ1) is 9.00. The van der Waals surface area contributed by atoms with E-state index in [9.17, 15) is 4.79 Å². The van der Waals surface area contributed by atoms with E-state index < -0.39 is 0 Å². The molecule has 0 aliphatic carbocycles. The topological polar surface area (TPSA) is 38.3 Å². The van der Waals surface area contributed by atoms with Gasteiger partial charge in [-0.25, -0.2) is 0 Å². The average Bonchev–Trinajstić information content (AvgIpc) is 2.35. The number of carbonyl (C=O) groups excluding carboxylic acids is 1. The highest BCUT2D eigenvalue weighted by Crippen LogP contribution is 2.44. The second-order valence-electron chi connectivity index (χ2n) is 4.43. The minimum Gasteiger partial charge on any atom is -0.381 e. The van der Waals surface area contributed by atoms with Gasteiger partial charge in [-0.05, 0) is 19.3 Å². The summed E-state index contributed by atoms with van der Waals surface area (Å²) in [4.78, 5) is 11.3. The number of amides is 1. The van der Waals surface area contributed by atoms with Crippen LogP contribution in [-0.2, 0) is 9.53 Å². The number of rotatable bonds is 0. The average molecular weight is 183 g/mol. The molecule has 0 aromatic carbocycles. The van der Waals surface area contributed by atoms with Crippen molar-refractivity contribution in [3.8, 4) is 0 Å². The van der Waals surface area contributed by atoms with E-state index in [0.717, 1.165) is 19.6 Å². The zero-order valence-electron chi connectivity index (χ0n) is 8.30. The van der Waals surface area contributed by atoms with Gasteiger partial charge >= 0.3 is 0 Å². The van der Waals surface area contributed by atoms with E-state index in [1.54, 1.807) is 0 Å². The fourth-order valence-corrected chi connectivity index (χ4v) is 2.73. The predicted molar refractivity (Wildman–Crippen MR) is 49.3 cm³/mol. The largest absolute Gasteiger partial charge is 0.381 e. The van der Waals surface area contributed by atoms with Crippen molar-refractivity contribution in [2.24, 2.45) is 11.3 Å². The van der Waals surface area contributed by atoms with Crippen molar-refractivity contribution in [3.63, 3.8) is 0 Å². The molecule has 3 unspecified atom stereocenters. The highest BCUT2D eigenvalue weighted by atomic mass is 16.5. The summed E-state index contributed by atoms with van der Waals surface area (Å²) in [6.07, 6.45) is 1.72. The summed E-state index contributed by atoms with van der Waals surface area (Å²) in [5, 5.41) is 3.01. The van der Waals surface area contributed by atoms with Crippen LogP contribution in [-0.4, -0.2) is 25.2 Å². The Balaban J connectivity index is 2.21. The first-order valence-electron chi connectivity index (χ1n) is 5.02. The quantitative estimate of drug-likeness (QED) is 0.607. The molecule has 1 spiro atoms. The normalized spacial score (nSPS) is 45.2. The van der Waals surface area contributed by atoms with Crippen LogP contribution < -0.4 is 5.32 Å². The van der Waals surface area contributed by atoms with E-state index in [1.165, 1.54) is 0 Å². The van der Waals surface area contributed by atoms with Crippen LogP contribution in [0.15, 0.2) is 0 Å². The third-order valence-corrected chi connectivity index (χ3v) is 3.79. The standard InChI is InChI=1S/C10H17NO2/c1-7-6-13-4-3-10(7)5-9(12)11-8(10)2/h7-8H,3-6H2,1-2H3,(H,11,12). The summed E-state index contributed by atoms with van der Waals surface area (Å²) in [7, 11) is 0. The van der Waals surface area contributed by atoms with Gasteiger partial charge in [0.25, 0.3) is 0 Å². The van der Waals surface area contributed by atoms with Crippen molar-refractivity contribution in [1.29, 1.82) is 0 Å². The first-order valence-corrected chi connectivity index (χ1v) is 5.02. The summed E-state index contributed by atoms with van der Waals surface area (Å²) >= 11 is 0. The lowest BCUT2D eigenvalue weighted by atomic mass is 9.68. The van der Waals surface area contributed by atoms with Crippen LogP contribution in [0.2, 0.25) is 0 Å². The summed E-state index contributed by atoms with van der Waals surface area (Å²) in [5.74, 6) is 0.705. The molecule has 0 bridgehead atoms. The Kier molecular flexibility index (Phi) is 2.06. The number of ether oxygens (including phenoxy) is 1. The Labute approximate surface area is 78.8 Å². The van der Waals surface area contributed by atoms with Crippen LogP contribution in [0.3, 0.4) is 0 Å². The van der Waals surface area contributed by atoms with Gasteiger partial charge in [0.1, 0.15) is 0 Å². The number of carbonyl (C=O) groups is 1. The van der Waals surface area contributed by atoms with Crippen LogP contribution >= 0.6 is 0 Å². The zero-order valence-corrected chi connectivity index (χ0v) is 8.30. The molecule has 13 heavy (non-hydrogen) atoms. The molecule has 2 aliphatic heterocycles. The molecule has 2 fully saturated rings. The van der Waals surface area contributed by atoms with Crippen molar-refractivity contribution < 1.29 is 9.53 Å². The summed E-state index contributed by atoms with van der Waals surface area (Å²) in [5.41, 5.74) is 0.176. The Bertz CT molecular complexity index is 229. The molecular weight excluding hydrogens is 166 g/mol. The molecule has 3 atom stereocenters. The third-order valence-electron chi connectivity index (χ3n) is 3.79. The van der Waals surface area contributed by atoms with Crippen molar-refractivity contribution in [3.05, 3.63) is 0 Å². The lowest BCUT2D eigenvalue weighted by Crippen LogP contribution is -2.44. The van der Waals surface area contributed by atoms with E-state index in [2.05, 4.69) is 19.2 Å². The SMILES string of the molecule is CC1COCCC12CC(=O)NC2C. The van der Waals surface area contributed by atoms with E-state index >= 15 is 0 Å². The van der Waals surface area contributed by atoms with Crippen molar-refractivity contribution in [2.45, 2.75) is 32.7 Å². The second-order valence-corrected chi connectivity index (χ2v) is 4.43. The van der Waals surface area contributed by atoms with E-state index in [0.29, 0.717) is 18.4 Å². The maximum atomic E-state index is 11.3. The minimum absolute atomic E-state index is 0.176. The van der Waals surface area contributed by atoms with Crippen LogP contribution in [0.1, 0.15) is 26.7 Å².